The van der Waals surface area contributed by atoms with Crippen molar-refractivity contribution in [3.8, 4) is 0 Å². The van der Waals surface area contributed by atoms with Crippen LogP contribution in [0.1, 0.15) is 28.4 Å². The molecule has 5 heteroatoms. The van der Waals surface area contributed by atoms with Crippen molar-refractivity contribution >= 4 is 17.7 Å². The van der Waals surface area contributed by atoms with Crippen LogP contribution in [-0.4, -0.2) is 11.7 Å². The lowest BCUT2D eigenvalue weighted by molar-refractivity contribution is 0.0930. The van der Waals surface area contributed by atoms with Crippen molar-refractivity contribution < 1.29 is 13.6 Å². The molecule has 1 atom stereocenters. The second-order valence-electron chi connectivity index (χ2n) is 4.80. The lowest BCUT2D eigenvalue weighted by Gasteiger charge is -2.26. The standard InChI is InChI=1S/C16H13F2NOS/c17-12-6-2-1-4-10(12)16(20)19-14-8-9-21-15-11(14)5-3-7-13(15)18/h1-7,14H,8-9H2,(H,19,20)/t14-/m0/s1. The monoisotopic (exact) mass is 305 g/mol. The summed E-state index contributed by atoms with van der Waals surface area (Å²) in [5.74, 6) is -0.585. The smallest absolute Gasteiger partial charge is 0.254 e. The van der Waals surface area contributed by atoms with E-state index in [0.29, 0.717) is 11.3 Å². The topological polar surface area (TPSA) is 29.1 Å². The van der Waals surface area contributed by atoms with Gasteiger partial charge >= 0.3 is 0 Å². The largest absolute Gasteiger partial charge is 0.345 e. The summed E-state index contributed by atoms with van der Waals surface area (Å²) in [6.45, 7) is 0. The summed E-state index contributed by atoms with van der Waals surface area (Å²) in [5.41, 5.74) is 0.768. The Labute approximate surface area is 125 Å². The van der Waals surface area contributed by atoms with Crippen molar-refractivity contribution in [3.05, 3.63) is 65.2 Å². The highest BCUT2D eigenvalue weighted by molar-refractivity contribution is 7.99. The van der Waals surface area contributed by atoms with E-state index in [9.17, 15) is 13.6 Å². The molecule has 0 aromatic heterocycles. The van der Waals surface area contributed by atoms with E-state index in [4.69, 9.17) is 0 Å². The number of thioether (sulfide) groups is 1. The van der Waals surface area contributed by atoms with Crippen LogP contribution in [0.15, 0.2) is 47.4 Å². The lowest BCUT2D eigenvalue weighted by Crippen LogP contribution is -2.31. The second kappa shape index (κ2) is 5.85. The highest BCUT2D eigenvalue weighted by Crippen LogP contribution is 2.37. The van der Waals surface area contributed by atoms with Crippen molar-refractivity contribution in [2.45, 2.75) is 17.4 Å². The molecule has 3 rings (SSSR count). The van der Waals surface area contributed by atoms with Gasteiger partial charge in [0.05, 0.1) is 11.6 Å². The van der Waals surface area contributed by atoms with Gasteiger partial charge in [0, 0.05) is 10.6 Å². The van der Waals surface area contributed by atoms with E-state index in [1.165, 1.54) is 36.0 Å². The van der Waals surface area contributed by atoms with Gasteiger partial charge in [-0.2, -0.15) is 0 Å². The number of amides is 1. The first-order valence-electron chi connectivity index (χ1n) is 6.63. The molecule has 0 radical (unpaired) electrons. The molecule has 0 fully saturated rings. The first kappa shape index (κ1) is 14.1. The van der Waals surface area contributed by atoms with Crippen LogP contribution in [0.2, 0.25) is 0 Å². The Kier molecular flexibility index (Phi) is 3.92. The summed E-state index contributed by atoms with van der Waals surface area (Å²) in [7, 11) is 0. The van der Waals surface area contributed by atoms with Gasteiger partial charge in [-0.1, -0.05) is 24.3 Å². The van der Waals surface area contributed by atoms with Crippen molar-refractivity contribution in [1.29, 1.82) is 0 Å². The molecular weight excluding hydrogens is 292 g/mol. The molecule has 0 aliphatic carbocycles. The number of fused-ring (bicyclic) bond motifs is 1. The van der Waals surface area contributed by atoms with Gasteiger partial charge in [-0.25, -0.2) is 8.78 Å². The Balaban J connectivity index is 1.86. The molecule has 0 saturated heterocycles. The van der Waals surface area contributed by atoms with Crippen molar-refractivity contribution in [1.82, 2.24) is 5.32 Å². The van der Waals surface area contributed by atoms with Crippen molar-refractivity contribution in [2.75, 3.05) is 5.75 Å². The van der Waals surface area contributed by atoms with Crippen LogP contribution in [0.3, 0.4) is 0 Å². The normalized spacial score (nSPS) is 17.1. The maximum Gasteiger partial charge on any atom is 0.254 e. The predicted molar refractivity (Wildman–Crippen MR) is 78.3 cm³/mol. The lowest BCUT2D eigenvalue weighted by atomic mass is 10.0. The van der Waals surface area contributed by atoms with Crippen molar-refractivity contribution in [3.63, 3.8) is 0 Å². The molecule has 1 amide bonds. The first-order valence-corrected chi connectivity index (χ1v) is 7.62. The van der Waals surface area contributed by atoms with E-state index in [-0.39, 0.29) is 17.4 Å². The van der Waals surface area contributed by atoms with Crippen molar-refractivity contribution in [2.24, 2.45) is 0 Å². The van der Waals surface area contributed by atoms with Gasteiger partial charge in [-0.15, -0.1) is 11.8 Å². The van der Waals surface area contributed by atoms with E-state index in [2.05, 4.69) is 5.32 Å². The van der Waals surface area contributed by atoms with Gasteiger partial charge in [0.1, 0.15) is 11.6 Å². The summed E-state index contributed by atoms with van der Waals surface area (Å²) >= 11 is 1.44. The number of hydrogen-bond donors (Lipinski definition) is 1. The fourth-order valence-electron chi connectivity index (χ4n) is 2.42. The summed E-state index contributed by atoms with van der Waals surface area (Å²) in [6.07, 6.45) is 0.696. The Hall–Kier alpha value is -1.88. The molecule has 1 N–H and O–H groups in total. The van der Waals surface area contributed by atoms with Crippen LogP contribution in [0.4, 0.5) is 8.78 Å². The molecule has 0 spiro atoms. The zero-order chi connectivity index (χ0) is 14.8. The third-order valence-corrected chi connectivity index (χ3v) is 4.61. The number of hydrogen-bond acceptors (Lipinski definition) is 2. The van der Waals surface area contributed by atoms with Gasteiger partial charge in [-0.3, -0.25) is 4.79 Å². The molecule has 0 unspecified atom stereocenters. The minimum Gasteiger partial charge on any atom is -0.345 e. The maximum absolute atomic E-state index is 13.8. The van der Waals surface area contributed by atoms with E-state index in [0.717, 1.165) is 11.3 Å². The third kappa shape index (κ3) is 2.78. The predicted octanol–water partition coefficient (Wildman–Crippen LogP) is 3.93. The van der Waals surface area contributed by atoms with Crippen LogP contribution < -0.4 is 5.32 Å². The van der Waals surface area contributed by atoms with Crippen LogP contribution in [-0.2, 0) is 0 Å². The number of carbonyl (C=O) groups is 1. The summed E-state index contributed by atoms with van der Waals surface area (Å²) in [6, 6.07) is 10.4. The van der Waals surface area contributed by atoms with Gasteiger partial charge in [0.15, 0.2) is 0 Å². The Bertz CT molecular complexity index is 690. The number of nitrogens with one attached hydrogen (secondary N) is 1. The zero-order valence-electron chi connectivity index (χ0n) is 11.1. The summed E-state index contributed by atoms with van der Waals surface area (Å²) in [5, 5.41) is 2.80. The van der Waals surface area contributed by atoms with Gasteiger partial charge in [0.2, 0.25) is 0 Å². The molecule has 1 aliphatic rings. The number of carbonyl (C=O) groups excluding carboxylic acids is 1. The molecule has 2 nitrogen and oxygen atoms in total. The average molecular weight is 305 g/mol. The van der Waals surface area contributed by atoms with Gasteiger partial charge < -0.3 is 5.32 Å². The fraction of sp³-hybridized carbons (Fsp3) is 0.188. The van der Waals surface area contributed by atoms with E-state index in [1.807, 2.05) is 0 Å². The maximum atomic E-state index is 13.8. The number of benzene rings is 2. The Morgan fingerprint density at radius 3 is 2.67 bits per heavy atom. The molecule has 0 bridgehead atoms. The number of halogens is 2. The highest BCUT2D eigenvalue weighted by Gasteiger charge is 2.25. The first-order chi connectivity index (χ1) is 10.2. The third-order valence-electron chi connectivity index (χ3n) is 3.45. The summed E-state index contributed by atoms with van der Waals surface area (Å²) in [4.78, 5) is 12.7. The molecule has 21 heavy (non-hydrogen) atoms. The molecule has 108 valence electrons. The quantitative estimate of drug-likeness (QED) is 0.911. The SMILES string of the molecule is O=C(N[C@H]1CCSc2c(F)cccc21)c1ccccc1F. The van der Waals surface area contributed by atoms with Crippen LogP contribution >= 0.6 is 11.8 Å². The van der Waals surface area contributed by atoms with Gasteiger partial charge in [0.25, 0.3) is 5.91 Å². The molecular formula is C16H13F2NOS. The van der Waals surface area contributed by atoms with Gasteiger partial charge in [-0.05, 0) is 30.2 Å². The van der Waals surface area contributed by atoms with Crippen LogP contribution in [0.5, 0.6) is 0 Å². The minimum atomic E-state index is -0.556. The van der Waals surface area contributed by atoms with E-state index in [1.54, 1.807) is 18.2 Å². The highest BCUT2D eigenvalue weighted by atomic mass is 32.2. The molecule has 2 aromatic carbocycles. The Morgan fingerprint density at radius 1 is 1.10 bits per heavy atom. The molecule has 1 heterocycles. The zero-order valence-corrected chi connectivity index (χ0v) is 11.9. The van der Waals surface area contributed by atoms with Crippen LogP contribution in [0.25, 0.3) is 0 Å². The minimum absolute atomic E-state index is 0.00804. The Morgan fingerprint density at radius 2 is 1.86 bits per heavy atom. The molecule has 1 aliphatic heterocycles. The summed E-state index contributed by atoms with van der Waals surface area (Å²) < 4.78 is 27.4. The fourth-order valence-corrected chi connectivity index (χ4v) is 3.56. The average Bonchev–Trinajstić information content (AvgIpc) is 2.49. The van der Waals surface area contributed by atoms with Crippen LogP contribution in [0, 0.1) is 11.6 Å². The van der Waals surface area contributed by atoms with E-state index < -0.39 is 11.7 Å². The molecule has 0 saturated carbocycles. The molecule has 2 aromatic rings. The number of rotatable bonds is 2. The second-order valence-corrected chi connectivity index (χ2v) is 5.91. The van der Waals surface area contributed by atoms with E-state index >= 15 is 0 Å².